The van der Waals surface area contributed by atoms with E-state index >= 15 is 0 Å². The van der Waals surface area contributed by atoms with Gasteiger partial charge in [-0.1, -0.05) is 50.0 Å². The lowest BCUT2D eigenvalue weighted by Gasteiger charge is -2.24. The van der Waals surface area contributed by atoms with E-state index in [0.29, 0.717) is 15.6 Å². The molecular weight excluding hydrogens is 403 g/mol. The van der Waals surface area contributed by atoms with E-state index in [4.69, 9.17) is 33.0 Å². The topological polar surface area (TPSA) is 80.7 Å². The monoisotopic (exact) mass is 422 g/mol. The standard InChI is InChI=1S/C21H20Cl2O5/c1-21(2,3)19(25)18(28-15-8-5-12(6-9-15)20(26)27)17(24)10-13-4-7-14(22)11-16(13)23/h4-9,11,18H,10H2,1-3H3,(H,26,27). The first kappa shape index (κ1) is 21.9. The van der Waals surface area contributed by atoms with E-state index in [0.717, 1.165) is 0 Å². The third kappa shape index (κ3) is 5.57. The number of carbonyl (C=O) groups is 3. The summed E-state index contributed by atoms with van der Waals surface area (Å²) in [6.45, 7) is 5.09. The molecule has 1 unspecified atom stereocenters. The van der Waals surface area contributed by atoms with Crippen LogP contribution >= 0.6 is 23.2 Å². The molecule has 0 aliphatic rings. The Bertz CT molecular complexity index is 898. The minimum Gasteiger partial charge on any atom is -0.478 e. The van der Waals surface area contributed by atoms with Crippen LogP contribution in [0, 0.1) is 5.41 Å². The number of Topliss-reactive ketones (excluding diaryl/α,β-unsaturated/α-hetero) is 2. The fourth-order valence-corrected chi connectivity index (χ4v) is 2.89. The smallest absolute Gasteiger partial charge is 0.335 e. The van der Waals surface area contributed by atoms with Crippen molar-refractivity contribution in [3.63, 3.8) is 0 Å². The minimum atomic E-state index is -1.34. The van der Waals surface area contributed by atoms with Gasteiger partial charge >= 0.3 is 5.97 Å². The summed E-state index contributed by atoms with van der Waals surface area (Å²) in [5.74, 6) is -1.69. The molecule has 5 nitrogen and oxygen atoms in total. The average Bonchev–Trinajstić information content (AvgIpc) is 2.61. The second-order valence-electron chi connectivity index (χ2n) is 7.32. The molecule has 0 amide bonds. The van der Waals surface area contributed by atoms with Crippen LogP contribution in [0.25, 0.3) is 0 Å². The van der Waals surface area contributed by atoms with Gasteiger partial charge in [0.25, 0.3) is 0 Å². The number of carboxylic acids is 1. The number of rotatable bonds is 7. The van der Waals surface area contributed by atoms with E-state index in [1.54, 1.807) is 32.9 Å². The van der Waals surface area contributed by atoms with Crippen molar-refractivity contribution >= 4 is 40.7 Å². The first-order valence-corrected chi connectivity index (χ1v) is 9.25. The maximum atomic E-state index is 12.9. The number of benzene rings is 2. The van der Waals surface area contributed by atoms with Gasteiger partial charge in [-0.3, -0.25) is 9.59 Å². The van der Waals surface area contributed by atoms with Crippen LogP contribution in [0.4, 0.5) is 0 Å². The quantitative estimate of drug-likeness (QED) is 0.643. The van der Waals surface area contributed by atoms with Crippen LogP contribution in [0.1, 0.15) is 36.7 Å². The first-order valence-electron chi connectivity index (χ1n) is 8.50. The van der Waals surface area contributed by atoms with Gasteiger partial charge in [0.15, 0.2) is 11.6 Å². The normalized spacial score (nSPS) is 12.3. The molecule has 0 saturated carbocycles. The number of hydrogen-bond donors (Lipinski definition) is 1. The Hall–Kier alpha value is -2.37. The fourth-order valence-electron chi connectivity index (χ4n) is 2.42. The zero-order valence-corrected chi connectivity index (χ0v) is 17.2. The summed E-state index contributed by atoms with van der Waals surface area (Å²) >= 11 is 12.0. The highest BCUT2D eigenvalue weighted by Gasteiger charge is 2.36. The van der Waals surface area contributed by atoms with Crippen LogP contribution in [-0.4, -0.2) is 28.7 Å². The van der Waals surface area contributed by atoms with Crippen molar-refractivity contribution in [3.8, 4) is 5.75 Å². The SMILES string of the molecule is CC(C)(C)C(=O)C(Oc1ccc(C(=O)O)cc1)C(=O)Cc1ccc(Cl)cc1Cl. The van der Waals surface area contributed by atoms with E-state index in [1.807, 2.05) is 0 Å². The lowest BCUT2D eigenvalue weighted by molar-refractivity contribution is -0.141. The fraction of sp³-hybridized carbons (Fsp3) is 0.286. The predicted octanol–water partition coefficient (Wildman–Crippen LogP) is 4.87. The molecular formula is C21H20Cl2O5. The van der Waals surface area contributed by atoms with Crippen molar-refractivity contribution in [2.75, 3.05) is 0 Å². The Morgan fingerprint density at radius 3 is 2.14 bits per heavy atom. The molecule has 28 heavy (non-hydrogen) atoms. The van der Waals surface area contributed by atoms with Crippen LogP contribution in [0.3, 0.4) is 0 Å². The first-order chi connectivity index (χ1) is 13.0. The van der Waals surface area contributed by atoms with E-state index in [-0.39, 0.29) is 23.5 Å². The van der Waals surface area contributed by atoms with Gasteiger partial charge in [0.05, 0.1) is 5.56 Å². The Morgan fingerprint density at radius 2 is 1.64 bits per heavy atom. The molecule has 7 heteroatoms. The molecule has 1 atom stereocenters. The van der Waals surface area contributed by atoms with Gasteiger partial charge < -0.3 is 9.84 Å². The summed E-state index contributed by atoms with van der Waals surface area (Å²) in [6, 6.07) is 10.3. The predicted molar refractivity (Wildman–Crippen MR) is 107 cm³/mol. The molecule has 1 N–H and O–H groups in total. The third-order valence-electron chi connectivity index (χ3n) is 4.00. The van der Waals surface area contributed by atoms with Gasteiger partial charge in [-0.05, 0) is 42.0 Å². The zero-order valence-electron chi connectivity index (χ0n) is 15.7. The highest BCUT2D eigenvalue weighted by atomic mass is 35.5. The molecule has 0 aromatic heterocycles. The molecule has 148 valence electrons. The van der Waals surface area contributed by atoms with Crippen LogP contribution in [0.2, 0.25) is 10.0 Å². The van der Waals surface area contributed by atoms with Gasteiger partial charge in [-0.25, -0.2) is 4.79 Å². The summed E-state index contributed by atoms with van der Waals surface area (Å²) in [7, 11) is 0. The Kier molecular flexibility index (Phi) is 6.86. The van der Waals surface area contributed by atoms with Crippen molar-refractivity contribution in [1.29, 1.82) is 0 Å². The highest BCUT2D eigenvalue weighted by Crippen LogP contribution is 2.25. The van der Waals surface area contributed by atoms with Crippen LogP contribution in [-0.2, 0) is 16.0 Å². The lowest BCUT2D eigenvalue weighted by atomic mass is 9.85. The highest BCUT2D eigenvalue weighted by molar-refractivity contribution is 6.35. The van der Waals surface area contributed by atoms with Crippen molar-refractivity contribution in [2.24, 2.45) is 5.41 Å². The molecule has 2 rings (SSSR count). The van der Waals surface area contributed by atoms with Gasteiger partial charge in [-0.15, -0.1) is 0 Å². The molecule has 0 radical (unpaired) electrons. The largest absolute Gasteiger partial charge is 0.478 e. The van der Waals surface area contributed by atoms with Gasteiger partial charge in [0.1, 0.15) is 5.75 Å². The number of hydrogen-bond acceptors (Lipinski definition) is 4. The number of ether oxygens (including phenoxy) is 1. The maximum absolute atomic E-state index is 12.9. The number of aromatic carboxylic acids is 1. The van der Waals surface area contributed by atoms with Crippen molar-refractivity contribution in [3.05, 3.63) is 63.6 Å². The summed E-state index contributed by atoms with van der Waals surface area (Å²) in [4.78, 5) is 36.7. The van der Waals surface area contributed by atoms with Crippen molar-refractivity contribution in [2.45, 2.75) is 33.3 Å². The van der Waals surface area contributed by atoms with Crippen molar-refractivity contribution in [1.82, 2.24) is 0 Å². The molecule has 0 spiro atoms. The van der Waals surface area contributed by atoms with E-state index in [2.05, 4.69) is 0 Å². The second kappa shape index (κ2) is 8.76. The molecule has 0 bridgehead atoms. The maximum Gasteiger partial charge on any atom is 0.335 e. The van der Waals surface area contributed by atoms with E-state index in [9.17, 15) is 14.4 Å². The summed E-state index contributed by atoms with van der Waals surface area (Å²) < 4.78 is 5.67. The van der Waals surface area contributed by atoms with Gasteiger partial charge in [0.2, 0.25) is 6.10 Å². The Labute approximate surface area is 173 Å². The molecule has 2 aromatic rings. The van der Waals surface area contributed by atoms with Crippen LogP contribution in [0.15, 0.2) is 42.5 Å². The van der Waals surface area contributed by atoms with Crippen molar-refractivity contribution < 1.29 is 24.2 Å². The third-order valence-corrected chi connectivity index (χ3v) is 4.59. The van der Waals surface area contributed by atoms with Gasteiger partial charge in [-0.2, -0.15) is 0 Å². The lowest BCUT2D eigenvalue weighted by Crippen LogP contribution is -2.43. The minimum absolute atomic E-state index is 0.0744. The van der Waals surface area contributed by atoms with Crippen LogP contribution in [0.5, 0.6) is 5.75 Å². The molecule has 0 aliphatic carbocycles. The number of carbonyl (C=O) groups excluding carboxylic acids is 2. The summed E-state index contributed by atoms with van der Waals surface area (Å²) in [6.07, 6.45) is -1.45. The zero-order chi connectivity index (χ0) is 21.1. The number of halogens is 2. The molecule has 0 saturated heterocycles. The number of carboxylic acid groups (broad SMARTS) is 1. The average molecular weight is 423 g/mol. The molecule has 2 aromatic carbocycles. The van der Waals surface area contributed by atoms with E-state index in [1.165, 1.54) is 30.3 Å². The Balaban J connectivity index is 2.29. The Morgan fingerprint density at radius 1 is 1.04 bits per heavy atom. The summed E-state index contributed by atoms with van der Waals surface area (Å²) in [5, 5.41) is 9.75. The van der Waals surface area contributed by atoms with Gasteiger partial charge in [0, 0.05) is 21.9 Å². The molecule has 0 heterocycles. The molecule has 0 fully saturated rings. The summed E-state index contributed by atoms with van der Waals surface area (Å²) in [5.41, 5.74) is -0.205. The second-order valence-corrected chi connectivity index (χ2v) is 8.16. The number of ketones is 2. The molecule has 0 aliphatic heterocycles. The van der Waals surface area contributed by atoms with E-state index < -0.39 is 23.3 Å². The van der Waals surface area contributed by atoms with Crippen LogP contribution < -0.4 is 4.74 Å².